The third kappa shape index (κ3) is 5.81. The first-order valence-corrected chi connectivity index (χ1v) is 11.7. The van der Waals surface area contributed by atoms with E-state index in [-0.39, 0.29) is 11.2 Å². The molecule has 5 nitrogen and oxygen atoms in total. The minimum Gasteiger partial charge on any atom is -0.332 e. The number of para-hydroxylation sites is 2. The average Bonchev–Trinajstić information content (AvgIpc) is 3.17. The van der Waals surface area contributed by atoms with E-state index < -0.39 is 0 Å². The number of nitrogens with zero attached hydrogens (tertiary/aromatic N) is 1. The molecule has 0 bridgehead atoms. The lowest BCUT2D eigenvalue weighted by molar-refractivity contribution is -0.115. The first-order chi connectivity index (χ1) is 15.1. The Morgan fingerprint density at radius 3 is 2.45 bits per heavy atom. The molecular formula is C23H20N4OS3. The second-order valence-electron chi connectivity index (χ2n) is 6.71. The molecular weight excluding hydrogens is 444 g/mol. The summed E-state index contributed by atoms with van der Waals surface area (Å²) in [4.78, 5) is 18.1. The Bertz CT molecular complexity index is 1180. The van der Waals surface area contributed by atoms with Crippen LogP contribution in [0.15, 0.2) is 83.8 Å². The Morgan fingerprint density at radius 2 is 1.65 bits per heavy atom. The van der Waals surface area contributed by atoms with Crippen molar-refractivity contribution in [1.82, 2.24) is 4.98 Å². The summed E-state index contributed by atoms with van der Waals surface area (Å²) >= 11 is 8.35. The van der Waals surface area contributed by atoms with E-state index in [9.17, 15) is 4.79 Å². The molecule has 0 saturated carbocycles. The maximum atomic E-state index is 12.6. The first-order valence-electron chi connectivity index (χ1n) is 9.63. The highest BCUT2D eigenvalue weighted by Gasteiger charge is 2.16. The molecule has 0 fully saturated rings. The van der Waals surface area contributed by atoms with E-state index in [4.69, 9.17) is 12.2 Å². The standard InChI is InChI=1S/C23H20N4OS3/c1-15(21(28)27-23-26-19-12-5-6-13-20(19)31-23)30-18-11-7-10-17(14-18)25-22(29)24-16-8-3-2-4-9-16/h2-15H,1H3,(H2,24,25,29)(H,26,27,28). The van der Waals surface area contributed by atoms with Gasteiger partial charge in [-0.15, -0.1) is 11.8 Å². The second kappa shape index (κ2) is 9.91. The minimum absolute atomic E-state index is 0.0799. The van der Waals surface area contributed by atoms with Gasteiger partial charge in [-0.1, -0.05) is 47.7 Å². The van der Waals surface area contributed by atoms with E-state index in [0.29, 0.717) is 10.2 Å². The number of carbonyl (C=O) groups is 1. The van der Waals surface area contributed by atoms with Crippen LogP contribution in [0.1, 0.15) is 6.92 Å². The van der Waals surface area contributed by atoms with Crippen molar-refractivity contribution < 1.29 is 4.79 Å². The number of hydrogen-bond acceptors (Lipinski definition) is 5. The van der Waals surface area contributed by atoms with Gasteiger partial charge in [0.25, 0.3) is 0 Å². The summed E-state index contributed by atoms with van der Waals surface area (Å²) < 4.78 is 1.05. The molecule has 156 valence electrons. The van der Waals surface area contributed by atoms with Crippen molar-refractivity contribution >= 4 is 73.1 Å². The van der Waals surface area contributed by atoms with Gasteiger partial charge in [-0.05, 0) is 61.6 Å². The number of rotatable bonds is 6. The Morgan fingerprint density at radius 1 is 0.935 bits per heavy atom. The number of thiazole rings is 1. The number of benzene rings is 3. The number of aromatic nitrogens is 1. The van der Waals surface area contributed by atoms with Gasteiger partial charge in [0.15, 0.2) is 10.2 Å². The van der Waals surface area contributed by atoms with E-state index in [2.05, 4.69) is 20.9 Å². The van der Waals surface area contributed by atoms with Crippen molar-refractivity contribution in [2.24, 2.45) is 0 Å². The van der Waals surface area contributed by atoms with Crippen molar-refractivity contribution in [3.8, 4) is 0 Å². The first kappa shape index (κ1) is 21.3. The largest absolute Gasteiger partial charge is 0.332 e. The lowest BCUT2D eigenvalue weighted by atomic mass is 10.3. The minimum atomic E-state index is -0.281. The van der Waals surface area contributed by atoms with E-state index in [1.165, 1.54) is 23.1 Å². The zero-order valence-corrected chi connectivity index (χ0v) is 19.1. The van der Waals surface area contributed by atoms with E-state index in [1.54, 1.807) is 0 Å². The number of thiocarbonyl (C=S) groups is 1. The molecule has 1 aromatic heterocycles. The van der Waals surface area contributed by atoms with Crippen molar-refractivity contribution in [2.45, 2.75) is 17.1 Å². The normalized spacial score (nSPS) is 11.6. The number of hydrogen-bond donors (Lipinski definition) is 3. The Hall–Kier alpha value is -2.94. The molecule has 1 heterocycles. The number of thioether (sulfide) groups is 1. The van der Waals surface area contributed by atoms with Gasteiger partial charge in [-0.3, -0.25) is 4.79 Å². The second-order valence-corrected chi connectivity index (χ2v) is 9.56. The van der Waals surface area contributed by atoms with Crippen molar-refractivity contribution in [3.63, 3.8) is 0 Å². The fraction of sp³-hybridized carbons (Fsp3) is 0.0870. The maximum absolute atomic E-state index is 12.6. The van der Waals surface area contributed by atoms with Crippen molar-refractivity contribution in [1.29, 1.82) is 0 Å². The zero-order valence-electron chi connectivity index (χ0n) is 16.7. The molecule has 3 N–H and O–H groups in total. The molecule has 31 heavy (non-hydrogen) atoms. The van der Waals surface area contributed by atoms with Gasteiger partial charge in [0.05, 0.1) is 15.5 Å². The molecule has 0 aliphatic rings. The molecule has 1 unspecified atom stereocenters. The molecule has 0 aliphatic carbocycles. The van der Waals surface area contributed by atoms with Crippen LogP contribution in [0.5, 0.6) is 0 Å². The predicted molar refractivity (Wildman–Crippen MR) is 136 cm³/mol. The Kier molecular flexibility index (Phi) is 6.81. The van der Waals surface area contributed by atoms with Crippen LogP contribution in [-0.2, 0) is 4.79 Å². The smallest absolute Gasteiger partial charge is 0.239 e. The highest BCUT2D eigenvalue weighted by atomic mass is 32.2. The molecule has 0 radical (unpaired) electrons. The van der Waals surface area contributed by atoms with Gasteiger partial charge in [0.1, 0.15) is 0 Å². The fourth-order valence-electron chi connectivity index (χ4n) is 2.85. The van der Waals surface area contributed by atoms with E-state index in [1.807, 2.05) is 85.8 Å². The third-order valence-electron chi connectivity index (χ3n) is 4.33. The molecule has 8 heteroatoms. The molecule has 0 saturated heterocycles. The summed E-state index contributed by atoms with van der Waals surface area (Å²) in [6, 6.07) is 25.4. The van der Waals surface area contributed by atoms with Crippen LogP contribution in [0.4, 0.5) is 16.5 Å². The maximum Gasteiger partial charge on any atom is 0.239 e. The lowest BCUT2D eigenvalue weighted by Gasteiger charge is -2.13. The highest BCUT2D eigenvalue weighted by molar-refractivity contribution is 8.00. The van der Waals surface area contributed by atoms with Crippen LogP contribution in [0, 0.1) is 0 Å². The third-order valence-corrected chi connectivity index (χ3v) is 6.58. The van der Waals surface area contributed by atoms with Crippen LogP contribution in [0.25, 0.3) is 10.2 Å². The quantitative estimate of drug-likeness (QED) is 0.232. The summed E-state index contributed by atoms with van der Waals surface area (Å²) in [5.41, 5.74) is 2.67. The number of carbonyl (C=O) groups excluding carboxylic acids is 1. The number of nitrogens with one attached hydrogen (secondary N) is 3. The zero-order chi connectivity index (χ0) is 21.6. The summed E-state index contributed by atoms with van der Waals surface area (Å²) in [6.45, 7) is 1.88. The van der Waals surface area contributed by atoms with Crippen molar-refractivity contribution in [3.05, 3.63) is 78.9 Å². The van der Waals surface area contributed by atoms with Crippen LogP contribution in [0.2, 0.25) is 0 Å². The molecule has 3 aromatic carbocycles. The molecule has 1 amide bonds. The highest BCUT2D eigenvalue weighted by Crippen LogP contribution is 2.29. The number of amides is 1. The van der Waals surface area contributed by atoms with E-state index in [0.717, 1.165) is 26.5 Å². The molecule has 0 spiro atoms. The predicted octanol–water partition coefficient (Wildman–Crippen LogP) is 6.22. The lowest BCUT2D eigenvalue weighted by Crippen LogP contribution is -2.22. The molecule has 0 aliphatic heterocycles. The van der Waals surface area contributed by atoms with Crippen LogP contribution >= 0.6 is 35.3 Å². The summed E-state index contributed by atoms with van der Waals surface area (Å²) in [5, 5.41) is 10.1. The Balaban J connectivity index is 1.35. The van der Waals surface area contributed by atoms with Gasteiger partial charge in [-0.2, -0.15) is 0 Å². The van der Waals surface area contributed by atoms with Gasteiger partial charge in [0, 0.05) is 16.3 Å². The van der Waals surface area contributed by atoms with Crippen LogP contribution in [0.3, 0.4) is 0 Å². The Labute approximate surface area is 194 Å². The summed E-state index contributed by atoms with van der Waals surface area (Å²) in [6.07, 6.45) is 0. The number of anilines is 3. The fourth-order valence-corrected chi connectivity index (χ4v) is 4.88. The monoisotopic (exact) mass is 464 g/mol. The summed E-state index contributed by atoms with van der Waals surface area (Å²) in [5.74, 6) is -0.0799. The summed E-state index contributed by atoms with van der Waals surface area (Å²) in [7, 11) is 0. The van der Waals surface area contributed by atoms with Gasteiger partial charge in [-0.25, -0.2) is 4.98 Å². The molecule has 4 aromatic rings. The van der Waals surface area contributed by atoms with Crippen LogP contribution < -0.4 is 16.0 Å². The molecule has 1 atom stereocenters. The van der Waals surface area contributed by atoms with Gasteiger partial charge in [0.2, 0.25) is 5.91 Å². The SMILES string of the molecule is CC(Sc1cccc(NC(=S)Nc2ccccc2)c1)C(=O)Nc1nc2ccccc2s1. The topological polar surface area (TPSA) is 66.0 Å². The van der Waals surface area contributed by atoms with Gasteiger partial charge < -0.3 is 16.0 Å². The number of fused-ring (bicyclic) bond motifs is 1. The molecule has 4 rings (SSSR count). The van der Waals surface area contributed by atoms with Crippen LogP contribution in [-0.4, -0.2) is 21.3 Å². The van der Waals surface area contributed by atoms with E-state index >= 15 is 0 Å². The van der Waals surface area contributed by atoms with Gasteiger partial charge >= 0.3 is 0 Å². The average molecular weight is 465 g/mol. The van der Waals surface area contributed by atoms with Crippen molar-refractivity contribution in [2.75, 3.05) is 16.0 Å².